The van der Waals surface area contributed by atoms with Crippen LogP contribution in [0.2, 0.25) is 0 Å². The van der Waals surface area contributed by atoms with E-state index in [0.29, 0.717) is 12.8 Å². The van der Waals surface area contributed by atoms with E-state index in [-0.39, 0.29) is 17.9 Å². The Balaban J connectivity index is 1.74. The molecule has 0 aromatic heterocycles. The Morgan fingerprint density at radius 3 is 2.47 bits per heavy atom. The maximum Gasteiger partial charge on any atom is 0.408 e. The predicted molar refractivity (Wildman–Crippen MR) is 121 cm³/mol. The van der Waals surface area contributed by atoms with Crippen LogP contribution >= 0.6 is 0 Å². The van der Waals surface area contributed by atoms with Crippen molar-refractivity contribution in [3.8, 4) is 12.3 Å². The van der Waals surface area contributed by atoms with Crippen molar-refractivity contribution < 1.29 is 19.1 Å². The average Bonchev–Trinajstić information content (AvgIpc) is 3.15. The van der Waals surface area contributed by atoms with Gasteiger partial charge in [-0.15, -0.1) is 6.42 Å². The van der Waals surface area contributed by atoms with Crippen LogP contribution < -0.4 is 10.6 Å². The van der Waals surface area contributed by atoms with Crippen LogP contribution in [-0.4, -0.2) is 46.5 Å². The molecule has 0 saturated carbocycles. The first kappa shape index (κ1) is 23.6. The SMILES string of the molecule is C#C[C@@H](NC(=O)[C@@H]1CC[C@@H]2CCCC[C@H](NC(=O)OC(C)(C)C)C(=O)N21)c1ccccc1. The number of hydrogen-bond acceptors (Lipinski definition) is 4. The number of alkyl carbamates (subject to hydrolysis) is 1. The molecule has 32 heavy (non-hydrogen) atoms. The summed E-state index contributed by atoms with van der Waals surface area (Å²) in [5.41, 5.74) is 0.163. The minimum absolute atomic E-state index is 0.0116. The van der Waals surface area contributed by atoms with Crippen LogP contribution in [0.3, 0.4) is 0 Å². The number of amides is 3. The molecule has 2 saturated heterocycles. The highest BCUT2D eigenvalue weighted by molar-refractivity contribution is 5.92. The molecule has 3 rings (SSSR count). The maximum absolute atomic E-state index is 13.5. The summed E-state index contributed by atoms with van der Waals surface area (Å²) in [6.45, 7) is 5.33. The predicted octanol–water partition coefficient (Wildman–Crippen LogP) is 3.30. The van der Waals surface area contributed by atoms with Gasteiger partial charge < -0.3 is 20.3 Å². The van der Waals surface area contributed by atoms with Gasteiger partial charge in [-0.25, -0.2) is 4.79 Å². The van der Waals surface area contributed by atoms with Crippen LogP contribution in [0.25, 0.3) is 0 Å². The molecule has 3 amide bonds. The average molecular weight is 440 g/mol. The summed E-state index contributed by atoms with van der Waals surface area (Å²) in [4.78, 5) is 40.6. The number of hydrogen-bond donors (Lipinski definition) is 2. The lowest BCUT2D eigenvalue weighted by Gasteiger charge is -2.35. The van der Waals surface area contributed by atoms with E-state index >= 15 is 0 Å². The standard InChI is InChI=1S/C25H33N3O4/c1-5-19(17-11-7-6-8-12-17)26-22(29)21-16-15-18-13-9-10-14-20(23(30)28(18)21)27-24(31)32-25(2,3)4/h1,6-8,11-12,18-21H,9-10,13-16H2,2-4H3,(H,26,29)(H,27,31)/t18-,19+,20-,21-/m0/s1. The molecule has 2 fully saturated rings. The van der Waals surface area contributed by atoms with E-state index in [1.165, 1.54) is 0 Å². The second kappa shape index (κ2) is 10.1. The minimum Gasteiger partial charge on any atom is -0.444 e. The van der Waals surface area contributed by atoms with Crippen LogP contribution in [0.5, 0.6) is 0 Å². The summed E-state index contributed by atoms with van der Waals surface area (Å²) in [6, 6.07) is 7.46. The minimum atomic E-state index is -0.710. The maximum atomic E-state index is 13.5. The molecule has 0 unspecified atom stereocenters. The number of carbonyl (C=O) groups is 3. The van der Waals surface area contributed by atoms with Crippen molar-refractivity contribution in [1.82, 2.24) is 15.5 Å². The Kier molecular flexibility index (Phi) is 7.44. The van der Waals surface area contributed by atoms with E-state index in [9.17, 15) is 14.4 Å². The van der Waals surface area contributed by atoms with Crippen molar-refractivity contribution in [2.45, 2.75) is 89.1 Å². The van der Waals surface area contributed by atoms with Gasteiger partial charge in [0.05, 0.1) is 0 Å². The van der Waals surface area contributed by atoms with Gasteiger partial charge >= 0.3 is 6.09 Å². The summed E-state index contributed by atoms with van der Waals surface area (Å²) in [5, 5.41) is 5.65. The summed E-state index contributed by atoms with van der Waals surface area (Å²) in [6.07, 6.45) is 9.54. The number of benzene rings is 1. The lowest BCUT2D eigenvalue weighted by molar-refractivity contribution is -0.143. The van der Waals surface area contributed by atoms with Crippen molar-refractivity contribution in [3.05, 3.63) is 35.9 Å². The van der Waals surface area contributed by atoms with Gasteiger partial charge in [-0.3, -0.25) is 9.59 Å². The monoisotopic (exact) mass is 439 g/mol. The Bertz CT molecular complexity index is 871. The molecule has 7 nitrogen and oxygen atoms in total. The van der Waals surface area contributed by atoms with Crippen LogP contribution in [-0.2, 0) is 14.3 Å². The van der Waals surface area contributed by atoms with Gasteiger partial charge in [0.1, 0.15) is 23.7 Å². The van der Waals surface area contributed by atoms with E-state index < -0.39 is 29.8 Å². The Labute approximate surface area is 190 Å². The number of fused-ring (bicyclic) bond motifs is 1. The molecule has 0 aliphatic carbocycles. The number of ether oxygens (including phenoxy) is 1. The summed E-state index contributed by atoms with van der Waals surface area (Å²) in [5.74, 6) is 2.14. The number of nitrogens with one attached hydrogen (secondary N) is 2. The summed E-state index contributed by atoms with van der Waals surface area (Å²) >= 11 is 0. The molecule has 0 spiro atoms. The largest absolute Gasteiger partial charge is 0.444 e. The lowest BCUT2D eigenvalue weighted by atomic mass is 9.99. The number of rotatable bonds is 4. The van der Waals surface area contributed by atoms with Crippen LogP contribution in [0.4, 0.5) is 4.79 Å². The van der Waals surface area contributed by atoms with Gasteiger partial charge in [0.25, 0.3) is 0 Å². The van der Waals surface area contributed by atoms with Crippen LogP contribution in [0.1, 0.15) is 70.9 Å². The first-order valence-corrected chi connectivity index (χ1v) is 11.3. The number of carbonyl (C=O) groups excluding carboxylic acids is 3. The Hall–Kier alpha value is -3.01. The molecule has 2 aliphatic rings. The molecule has 2 heterocycles. The van der Waals surface area contributed by atoms with Gasteiger partial charge in [-0.1, -0.05) is 49.1 Å². The lowest BCUT2D eigenvalue weighted by Crippen LogP contribution is -2.57. The third-order valence-corrected chi connectivity index (χ3v) is 5.92. The second-order valence-electron chi connectivity index (χ2n) is 9.49. The van der Waals surface area contributed by atoms with Gasteiger partial charge in [0, 0.05) is 6.04 Å². The smallest absolute Gasteiger partial charge is 0.408 e. The van der Waals surface area contributed by atoms with Gasteiger partial charge in [0.15, 0.2) is 0 Å². The topological polar surface area (TPSA) is 87.7 Å². The molecular weight excluding hydrogens is 406 g/mol. The van der Waals surface area contributed by atoms with E-state index in [2.05, 4.69) is 16.6 Å². The zero-order chi connectivity index (χ0) is 23.3. The highest BCUT2D eigenvalue weighted by atomic mass is 16.6. The molecule has 1 aromatic carbocycles. The van der Waals surface area contributed by atoms with Gasteiger partial charge in [-0.2, -0.15) is 0 Å². The van der Waals surface area contributed by atoms with Crippen molar-refractivity contribution in [2.75, 3.05) is 0 Å². The highest BCUT2D eigenvalue weighted by Crippen LogP contribution is 2.32. The third kappa shape index (κ3) is 5.82. The van der Waals surface area contributed by atoms with Crippen LogP contribution in [0, 0.1) is 12.3 Å². The van der Waals surface area contributed by atoms with Crippen molar-refractivity contribution >= 4 is 17.9 Å². The molecule has 1 aromatic rings. The molecular formula is C25H33N3O4. The van der Waals surface area contributed by atoms with Gasteiger partial charge in [0.2, 0.25) is 11.8 Å². The molecule has 2 N–H and O–H groups in total. The highest BCUT2D eigenvalue weighted by Gasteiger charge is 2.44. The Morgan fingerprint density at radius 1 is 1.12 bits per heavy atom. The first-order chi connectivity index (χ1) is 15.2. The summed E-state index contributed by atoms with van der Waals surface area (Å²) < 4.78 is 5.34. The van der Waals surface area contributed by atoms with E-state index in [4.69, 9.17) is 11.2 Å². The fourth-order valence-corrected chi connectivity index (χ4v) is 4.48. The number of terminal acetylenes is 1. The van der Waals surface area contributed by atoms with E-state index in [1.807, 2.05) is 30.3 Å². The zero-order valence-corrected chi connectivity index (χ0v) is 19.1. The molecule has 7 heteroatoms. The van der Waals surface area contributed by atoms with Crippen LogP contribution in [0.15, 0.2) is 30.3 Å². The first-order valence-electron chi connectivity index (χ1n) is 11.3. The Morgan fingerprint density at radius 2 is 1.81 bits per heavy atom. The summed E-state index contributed by atoms with van der Waals surface area (Å²) in [7, 11) is 0. The fraction of sp³-hybridized carbons (Fsp3) is 0.560. The van der Waals surface area contributed by atoms with E-state index in [0.717, 1.165) is 31.2 Å². The van der Waals surface area contributed by atoms with Crippen molar-refractivity contribution in [3.63, 3.8) is 0 Å². The van der Waals surface area contributed by atoms with E-state index in [1.54, 1.807) is 25.7 Å². The fourth-order valence-electron chi connectivity index (χ4n) is 4.48. The molecule has 172 valence electrons. The molecule has 4 atom stereocenters. The van der Waals surface area contributed by atoms with Crippen molar-refractivity contribution in [1.29, 1.82) is 0 Å². The number of nitrogens with zero attached hydrogens (tertiary/aromatic N) is 1. The molecule has 0 radical (unpaired) electrons. The third-order valence-electron chi connectivity index (χ3n) is 5.92. The normalized spacial score (nSPS) is 24.4. The zero-order valence-electron chi connectivity index (χ0n) is 19.1. The second-order valence-corrected chi connectivity index (χ2v) is 9.49. The van der Waals surface area contributed by atoms with Gasteiger partial charge in [-0.05, 0) is 52.0 Å². The molecule has 0 bridgehead atoms. The molecule has 2 aliphatic heterocycles. The van der Waals surface area contributed by atoms with Crippen molar-refractivity contribution in [2.24, 2.45) is 0 Å². The quantitative estimate of drug-likeness (QED) is 0.705.